The van der Waals surface area contributed by atoms with Crippen molar-refractivity contribution in [3.8, 4) is 33.8 Å². The molecule has 4 nitrogen and oxygen atoms in total. The number of anilines is 3. The molecule has 6 rings (SSSR count). The van der Waals surface area contributed by atoms with Crippen LogP contribution >= 0.6 is 0 Å². The van der Waals surface area contributed by atoms with Gasteiger partial charge in [0.25, 0.3) is 0 Å². The smallest absolute Gasteiger partial charge is 0.453 e. The Hall–Kier alpha value is -4.32. The maximum Gasteiger partial charge on any atom is 0.494 e. The van der Waals surface area contributed by atoms with Gasteiger partial charge in [0.2, 0.25) is 0 Å². The fourth-order valence-corrected chi connectivity index (χ4v) is 5.26. The molecule has 0 saturated heterocycles. The molecule has 5 aromatic rings. The molecule has 0 aliphatic carbocycles. The Morgan fingerprint density at radius 3 is 2.10 bits per heavy atom. The number of rotatable bonds is 9. The van der Waals surface area contributed by atoms with Crippen LogP contribution in [0.25, 0.3) is 22.3 Å². The number of hydrogen-bond donors (Lipinski definition) is 0. The third-order valence-electron chi connectivity index (χ3n) is 7.83. The molecule has 5 heteroatoms. The van der Waals surface area contributed by atoms with Crippen molar-refractivity contribution >= 4 is 29.6 Å². The first-order valence-electron chi connectivity index (χ1n) is 14.7. The molecule has 5 aromatic carbocycles. The highest BCUT2D eigenvalue weighted by molar-refractivity contribution is 6.61. The van der Waals surface area contributed by atoms with E-state index in [1.807, 2.05) is 25.1 Å². The summed E-state index contributed by atoms with van der Waals surface area (Å²) in [7, 11) is -0.432. The van der Waals surface area contributed by atoms with E-state index in [9.17, 15) is 0 Å². The molecule has 0 unspecified atom stereocenters. The number of fused-ring (bicyclic) bond motifs is 2. The second kappa shape index (κ2) is 11.9. The Labute approximate surface area is 249 Å². The normalized spacial score (nSPS) is 12.3. The Morgan fingerprint density at radius 2 is 1.31 bits per heavy atom. The third kappa shape index (κ3) is 5.71. The Morgan fingerprint density at radius 1 is 0.643 bits per heavy atom. The Bertz CT molecular complexity index is 1680. The molecule has 0 amide bonds. The number of benzene rings is 5. The molecular weight excluding hydrogens is 517 g/mol. The average molecular weight is 554 g/mol. The monoisotopic (exact) mass is 553 g/mol. The number of nitrogens with zero attached hydrogens (tertiary/aromatic N) is 1. The van der Waals surface area contributed by atoms with Gasteiger partial charge in [-0.25, -0.2) is 0 Å². The van der Waals surface area contributed by atoms with Crippen molar-refractivity contribution in [2.75, 3.05) is 11.5 Å². The summed E-state index contributed by atoms with van der Waals surface area (Å²) in [6.45, 7) is 8.90. The van der Waals surface area contributed by atoms with Gasteiger partial charge < -0.3 is 18.9 Å². The second-order valence-electron chi connectivity index (χ2n) is 11.1. The first kappa shape index (κ1) is 27.8. The maximum atomic E-state index is 6.51. The minimum atomic E-state index is -0.432. The lowest BCUT2D eigenvalue weighted by molar-refractivity contribution is 0.0706. The molecule has 0 N–H and O–H groups in total. The van der Waals surface area contributed by atoms with E-state index in [2.05, 4.69) is 129 Å². The highest BCUT2D eigenvalue weighted by Gasteiger charge is 2.30. The van der Waals surface area contributed by atoms with Crippen LogP contribution in [0.3, 0.4) is 0 Å². The van der Waals surface area contributed by atoms with Crippen LogP contribution in [0.5, 0.6) is 11.5 Å². The summed E-state index contributed by atoms with van der Waals surface area (Å²) in [4.78, 5) is 2.28. The predicted octanol–water partition coefficient (Wildman–Crippen LogP) is 9.53. The van der Waals surface area contributed by atoms with Crippen LogP contribution in [0.15, 0.2) is 121 Å². The summed E-state index contributed by atoms with van der Waals surface area (Å²) in [6.07, 6.45) is 0.894. The van der Waals surface area contributed by atoms with E-state index in [4.69, 9.17) is 14.0 Å². The van der Waals surface area contributed by atoms with E-state index in [0.717, 1.165) is 51.6 Å². The van der Waals surface area contributed by atoms with Crippen molar-refractivity contribution in [2.24, 2.45) is 0 Å². The largest absolute Gasteiger partial charge is 0.494 e. The van der Waals surface area contributed by atoms with Gasteiger partial charge in [-0.05, 0) is 91.3 Å². The van der Waals surface area contributed by atoms with Gasteiger partial charge in [-0.2, -0.15) is 0 Å². The van der Waals surface area contributed by atoms with Gasteiger partial charge in [0.1, 0.15) is 0 Å². The number of hydrogen-bond acceptors (Lipinski definition) is 4. The van der Waals surface area contributed by atoms with E-state index < -0.39 is 7.12 Å². The minimum absolute atomic E-state index is 0.288. The maximum absolute atomic E-state index is 6.51. The summed E-state index contributed by atoms with van der Waals surface area (Å²) in [6, 6.07) is 42.2. The Balaban J connectivity index is 1.39. The van der Waals surface area contributed by atoms with Crippen molar-refractivity contribution < 1.29 is 14.0 Å². The highest BCUT2D eigenvalue weighted by atomic mass is 16.6. The molecule has 0 saturated carbocycles. The molecule has 42 heavy (non-hydrogen) atoms. The molecule has 0 aromatic heterocycles. The fourth-order valence-electron chi connectivity index (χ4n) is 5.26. The van der Waals surface area contributed by atoms with Crippen LogP contribution < -0.4 is 15.1 Å². The molecule has 0 spiro atoms. The van der Waals surface area contributed by atoms with Gasteiger partial charge in [0, 0.05) is 17.9 Å². The van der Waals surface area contributed by atoms with Crippen molar-refractivity contribution in [3.05, 3.63) is 121 Å². The summed E-state index contributed by atoms with van der Waals surface area (Å²) >= 11 is 0. The number of para-hydroxylation sites is 2. The molecule has 1 heterocycles. The van der Waals surface area contributed by atoms with Crippen molar-refractivity contribution in [1.29, 1.82) is 0 Å². The van der Waals surface area contributed by atoms with Gasteiger partial charge in [0.15, 0.2) is 11.5 Å². The predicted molar refractivity (Wildman–Crippen MR) is 175 cm³/mol. The first-order chi connectivity index (χ1) is 20.5. The summed E-state index contributed by atoms with van der Waals surface area (Å²) in [5.74, 6) is 1.64. The quantitative estimate of drug-likeness (QED) is 0.167. The highest BCUT2D eigenvalue weighted by Crippen LogP contribution is 2.51. The summed E-state index contributed by atoms with van der Waals surface area (Å²) in [5, 5.41) is 0. The van der Waals surface area contributed by atoms with E-state index in [1.165, 1.54) is 11.1 Å². The number of ether oxygens (including phenoxy) is 1. The average Bonchev–Trinajstić information content (AvgIpc) is 3.03. The molecule has 0 bridgehead atoms. The molecule has 0 radical (unpaired) electrons. The third-order valence-corrected chi connectivity index (χ3v) is 7.83. The fraction of sp³-hybridized carbons (Fsp3) is 0.189. The van der Waals surface area contributed by atoms with E-state index in [1.54, 1.807) is 0 Å². The first-order valence-corrected chi connectivity index (χ1v) is 14.7. The van der Waals surface area contributed by atoms with Gasteiger partial charge in [-0.15, -0.1) is 0 Å². The molecule has 210 valence electrons. The van der Waals surface area contributed by atoms with Crippen LogP contribution in [-0.2, 0) is 9.31 Å². The van der Waals surface area contributed by atoms with Crippen molar-refractivity contribution in [2.45, 2.75) is 39.7 Å². The SMILES string of the molecule is CCOB(OC(C)(C)CC)c1cccc(-c2ccc3c(c2)Oc2ccccc2N3c2cccc(-c3ccccc3)c2)c1. The molecule has 1 aliphatic rings. The van der Waals surface area contributed by atoms with Crippen LogP contribution in [-0.4, -0.2) is 19.3 Å². The second-order valence-corrected chi connectivity index (χ2v) is 11.1. The molecule has 0 fully saturated rings. The lowest BCUT2D eigenvalue weighted by atomic mass is 9.76. The van der Waals surface area contributed by atoms with E-state index >= 15 is 0 Å². The minimum Gasteiger partial charge on any atom is -0.453 e. The topological polar surface area (TPSA) is 30.9 Å². The summed E-state index contributed by atoms with van der Waals surface area (Å²) < 4.78 is 18.9. The van der Waals surface area contributed by atoms with Crippen LogP contribution in [0.2, 0.25) is 0 Å². The van der Waals surface area contributed by atoms with Crippen LogP contribution in [0.1, 0.15) is 34.1 Å². The van der Waals surface area contributed by atoms with Crippen molar-refractivity contribution in [3.63, 3.8) is 0 Å². The lowest BCUT2D eigenvalue weighted by Gasteiger charge is -2.33. The zero-order valence-electron chi connectivity index (χ0n) is 24.7. The lowest BCUT2D eigenvalue weighted by Crippen LogP contribution is -2.43. The van der Waals surface area contributed by atoms with Crippen LogP contribution in [0, 0.1) is 0 Å². The standard InChI is InChI=1S/C37H36BNO3/c1-5-37(3,4)42-38(40-6-2)31-18-12-16-28(24-31)30-22-23-34-36(26-30)41-35-21-11-10-20-33(35)39(34)32-19-13-17-29(25-32)27-14-8-7-9-15-27/h7-26H,5-6H2,1-4H3. The summed E-state index contributed by atoms with van der Waals surface area (Å²) in [5.41, 5.74) is 8.31. The molecule has 1 aliphatic heterocycles. The van der Waals surface area contributed by atoms with E-state index in [0.29, 0.717) is 6.61 Å². The zero-order valence-corrected chi connectivity index (χ0v) is 24.7. The van der Waals surface area contributed by atoms with Gasteiger partial charge in [0.05, 0.1) is 11.4 Å². The van der Waals surface area contributed by atoms with Gasteiger partial charge in [-0.1, -0.05) is 91.9 Å². The Kier molecular flexibility index (Phi) is 7.88. The van der Waals surface area contributed by atoms with Gasteiger partial charge in [-0.3, -0.25) is 0 Å². The van der Waals surface area contributed by atoms with E-state index in [-0.39, 0.29) is 5.60 Å². The zero-order chi connectivity index (χ0) is 29.1. The van der Waals surface area contributed by atoms with Crippen molar-refractivity contribution in [1.82, 2.24) is 0 Å². The van der Waals surface area contributed by atoms with Crippen LogP contribution in [0.4, 0.5) is 17.1 Å². The molecular formula is C37H36BNO3. The van der Waals surface area contributed by atoms with Gasteiger partial charge >= 0.3 is 7.12 Å². The molecule has 0 atom stereocenters.